The number of thiazole rings is 1. The Morgan fingerprint density at radius 3 is 2.78 bits per heavy atom. The van der Waals surface area contributed by atoms with Crippen molar-refractivity contribution in [3.8, 4) is 0 Å². The van der Waals surface area contributed by atoms with Gasteiger partial charge in [-0.05, 0) is 70.8 Å². The number of piperidine rings is 3. The lowest BCUT2D eigenvalue weighted by Gasteiger charge is -2.56. The predicted octanol–water partition coefficient (Wildman–Crippen LogP) is 3.21. The molecule has 2 bridgehead atoms. The van der Waals surface area contributed by atoms with Gasteiger partial charge in [0.1, 0.15) is 0 Å². The number of carbonyl (C=O) groups excluding carboxylic acids is 1. The summed E-state index contributed by atoms with van der Waals surface area (Å²) in [6, 6.07) is 6.08. The summed E-state index contributed by atoms with van der Waals surface area (Å²) in [4.78, 5) is 19.8. The molecular formula is C18H23N3OS. The van der Waals surface area contributed by atoms with Crippen LogP contribution in [0.15, 0.2) is 18.2 Å². The van der Waals surface area contributed by atoms with Crippen molar-refractivity contribution >= 4 is 27.5 Å². The first kappa shape index (κ1) is 15.1. The fourth-order valence-electron chi connectivity index (χ4n) is 4.29. The number of hydrogen-bond acceptors (Lipinski definition) is 4. The number of rotatable bonds is 2. The summed E-state index contributed by atoms with van der Waals surface area (Å²) < 4.78 is 1.14. The van der Waals surface area contributed by atoms with Gasteiger partial charge in [-0.3, -0.25) is 9.69 Å². The van der Waals surface area contributed by atoms with Crippen LogP contribution in [0.4, 0.5) is 0 Å². The Bertz CT molecular complexity index is 759. The fourth-order valence-corrected chi connectivity index (χ4v) is 5.09. The minimum Gasteiger partial charge on any atom is -0.347 e. The second-order valence-corrected chi connectivity index (χ2v) is 8.58. The molecule has 0 radical (unpaired) electrons. The number of benzene rings is 1. The van der Waals surface area contributed by atoms with Gasteiger partial charge in [-0.15, -0.1) is 11.3 Å². The van der Waals surface area contributed by atoms with E-state index < -0.39 is 0 Å². The molecule has 3 aliphatic heterocycles. The maximum atomic E-state index is 12.8. The lowest BCUT2D eigenvalue weighted by molar-refractivity contribution is -0.0378. The molecule has 0 aliphatic carbocycles. The summed E-state index contributed by atoms with van der Waals surface area (Å²) >= 11 is 1.67. The third kappa shape index (κ3) is 2.46. The Labute approximate surface area is 140 Å². The molecule has 5 heteroatoms. The predicted molar refractivity (Wildman–Crippen MR) is 94.0 cm³/mol. The van der Waals surface area contributed by atoms with Crippen molar-refractivity contribution < 1.29 is 4.79 Å². The second kappa shape index (κ2) is 5.28. The van der Waals surface area contributed by atoms with Crippen molar-refractivity contribution in [3.63, 3.8) is 0 Å². The van der Waals surface area contributed by atoms with Crippen LogP contribution in [0.5, 0.6) is 0 Å². The summed E-state index contributed by atoms with van der Waals surface area (Å²) in [5.74, 6) is 0.633. The van der Waals surface area contributed by atoms with Gasteiger partial charge in [0.2, 0.25) is 0 Å². The van der Waals surface area contributed by atoms with E-state index in [2.05, 4.69) is 29.0 Å². The average molecular weight is 329 g/mol. The molecule has 3 saturated heterocycles. The lowest BCUT2D eigenvalue weighted by atomic mass is 9.72. The summed E-state index contributed by atoms with van der Waals surface area (Å²) in [7, 11) is 0. The van der Waals surface area contributed by atoms with Crippen LogP contribution in [0.25, 0.3) is 10.2 Å². The molecule has 122 valence electrons. The van der Waals surface area contributed by atoms with E-state index in [4.69, 9.17) is 0 Å². The Hall–Kier alpha value is -1.46. The van der Waals surface area contributed by atoms with Gasteiger partial charge in [0.05, 0.1) is 15.2 Å². The molecule has 1 atom stereocenters. The smallest absolute Gasteiger partial charge is 0.251 e. The average Bonchev–Trinajstić information content (AvgIpc) is 2.90. The van der Waals surface area contributed by atoms with Gasteiger partial charge in [-0.1, -0.05) is 0 Å². The maximum absolute atomic E-state index is 12.8. The largest absolute Gasteiger partial charge is 0.347 e. The first-order chi connectivity index (χ1) is 10.9. The highest BCUT2D eigenvalue weighted by Gasteiger charge is 2.48. The lowest BCUT2D eigenvalue weighted by Crippen LogP contribution is -2.69. The minimum atomic E-state index is 0.0318. The second-order valence-electron chi connectivity index (χ2n) is 7.34. The van der Waals surface area contributed by atoms with Gasteiger partial charge >= 0.3 is 0 Å². The van der Waals surface area contributed by atoms with Crippen molar-refractivity contribution in [2.24, 2.45) is 5.92 Å². The molecule has 1 N–H and O–H groups in total. The standard InChI is InChI=1S/C18H23N3OS/c1-11-19-14-10-13(4-5-15(14)23-11)17(22)20-16-12-6-8-21(9-7-12)18(16,2)3/h4-5,10,12,16H,6-9H2,1-3H3,(H,20,22)/t16-/m0/s1. The molecule has 1 amide bonds. The van der Waals surface area contributed by atoms with E-state index in [1.807, 2.05) is 25.1 Å². The normalized spacial score (nSPS) is 28.9. The van der Waals surface area contributed by atoms with Crippen molar-refractivity contribution in [1.29, 1.82) is 0 Å². The van der Waals surface area contributed by atoms with E-state index in [1.54, 1.807) is 11.3 Å². The van der Waals surface area contributed by atoms with E-state index in [1.165, 1.54) is 12.8 Å². The fraction of sp³-hybridized carbons (Fsp3) is 0.556. The van der Waals surface area contributed by atoms with Crippen LogP contribution >= 0.6 is 11.3 Å². The van der Waals surface area contributed by atoms with Gasteiger partial charge in [0, 0.05) is 17.1 Å². The number of aromatic nitrogens is 1. The highest BCUT2D eigenvalue weighted by Crippen LogP contribution is 2.39. The Balaban J connectivity index is 1.58. The van der Waals surface area contributed by atoms with E-state index in [0.29, 0.717) is 5.92 Å². The first-order valence-corrected chi connectivity index (χ1v) is 9.20. The third-order valence-electron chi connectivity index (χ3n) is 5.63. The Morgan fingerprint density at radius 2 is 2.09 bits per heavy atom. The molecule has 2 aromatic rings. The molecule has 3 fully saturated rings. The minimum absolute atomic E-state index is 0.0318. The van der Waals surface area contributed by atoms with Gasteiger partial charge in [-0.25, -0.2) is 4.98 Å². The molecule has 0 spiro atoms. The molecule has 0 unspecified atom stereocenters. The number of nitrogens with zero attached hydrogens (tertiary/aromatic N) is 2. The molecule has 1 aromatic heterocycles. The number of amides is 1. The summed E-state index contributed by atoms with van der Waals surface area (Å²) in [5, 5.41) is 4.36. The zero-order valence-corrected chi connectivity index (χ0v) is 14.7. The third-order valence-corrected chi connectivity index (χ3v) is 6.58. The van der Waals surface area contributed by atoms with Crippen molar-refractivity contribution in [2.45, 2.75) is 45.2 Å². The van der Waals surface area contributed by atoms with Gasteiger partial charge in [-0.2, -0.15) is 0 Å². The molecule has 23 heavy (non-hydrogen) atoms. The molecule has 4 heterocycles. The van der Waals surface area contributed by atoms with Crippen LogP contribution in [0.2, 0.25) is 0 Å². The number of fused-ring (bicyclic) bond motifs is 4. The molecule has 5 rings (SSSR count). The van der Waals surface area contributed by atoms with Crippen LogP contribution in [-0.4, -0.2) is 40.5 Å². The topological polar surface area (TPSA) is 45.2 Å². The van der Waals surface area contributed by atoms with Crippen molar-refractivity contribution in [1.82, 2.24) is 15.2 Å². The number of nitrogens with one attached hydrogen (secondary N) is 1. The Kier molecular flexibility index (Phi) is 3.46. The van der Waals surface area contributed by atoms with Crippen LogP contribution in [-0.2, 0) is 0 Å². The number of carbonyl (C=O) groups is 1. The molecule has 4 nitrogen and oxygen atoms in total. The highest BCUT2D eigenvalue weighted by atomic mass is 32.1. The molecular weight excluding hydrogens is 306 g/mol. The zero-order valence-electron chi connectivity index (χ0n) is 13.9. The molecule has 3 aliphatic rings. The van der Waals surface area contributed by atoms with E-state index in [9.17, 15) is 4.79 Å². The van der Waals surface area contributed by atoms with Gasteiger partial charge in [0.15, 0.2) is 0 Å². The van der Waals surface area contributed by atoms with Crippen LogP contribution in [0.1, 0.15) is 42.1 Å². The quantitative estimate of drug-likeness (QED) is 0.920. The van der Waals surface area contributed by atoms with E-state index >= 15 is 0 Å². The van der Waals surface area contributed by atoms with Crippen molar-refractivity contribution in [2.75, 3.05) is 13.1 Å². The summed E-state index contributed by atoms with van der Waals surface area (Å²) in [5.41, 5.74) is 1.68. The van der Waals surface area contributed by atoms with E-state index in [0.717, 1.165) is 33.9 Å². The molecule has 0 saturated carbocycles. The zero-order chi connectivity index (χ0) is 16.2. The first-order valence-electron chi connectivity index (χ1n) is 8.38. The van der Waals surface area contributed by atoms with Crippen LogP contribution in [0, 0.1) is 12.8 Å². The SMILES string of the molecule is Cc1nc2cc(C(=O)N[C@H]3C4CCN(CC4)C3(C)C)ccc2s1. The van der Waals surface area contributed by atoms with Gasteiger partial charge < -0.3 is 5.32 Å². The van der Waals surface area contributed by atoms with Crippen LogP contribution < -0.4 is 5.32 Å². The monoisotopic (exact) mass is 329 g/mol. The number of hydrogen-bond donors (Lipinski definition) is 1. The summed E-state index contributed by atoms with van der Waals surface area (Å²) in [6.45, 7) is 8.84. The summed E-state index contributed by atoms with van der Waals surface area (Å²) in [6.07, 6.45) is 2.39. The highest BCUT2D eigenvalue weighted by molar-refractivity contribution is 7.18. The van der Waals surface area contributed by atoms with Crippen LogP contribution in [0.3, 0.4) is 0 Å². The van der Waals surface area contributed by atoms with E-state index in [-0.39, 0.29) is 17.5 Å². The Morgan fingerprint density at radius 1 is 1.35 bits per heavy atom. The number of aryl methyl sites for hydroxylation is 1. The van der Waals surface area contributed by atoms with Gasteiger partial charge in [0.25, 0.3) is 5.91 Å². The van der Waals surface area contributed by atoms with Crippen molar-refractivity contribution in [3.05, 3.63) is 28.8 Å². The molecule has 1 aromatic carbocycles. The maximum Gasteiger partial charge on any atom is 0.251 e.